The molecule has 1 heterocycles. The van der Waals surface area contributed by atoms with Gasteiger partial charge in [0.1, 0.15) is 0 Å². The van der Waals surface area contributed by atoms with E-state index in [1.165, 1.54) is 36.4 Å². The second-order valence-corrected chi connectivity index (χ2v) is 4.93. The number of nitro benzene ring substituents is 2. The van der Waals surface area contributed by atoms with Crippen molar-refractivity contribution in [2.45, 2.75) is 6.92 Å². The number of aromatic nitrogens is 2. The zero-order valence-electron chi connectivity index (χ0n) is 12.4. The van der Waals surface area contributed by atoms with Gasteiger partial charge in [0.05, 0.1) is 9.85 Å². The average Bonchev–Trinajstić information content (AvgIpc) is 3.04. The summed E-state index contributed by atoms with van der Waals surface area (Å²) in [4.78, 5) is 24.9. The molecule has 0 fully saturated rings. The normalized spacial score (nSPS) is 10.5. The minimum atomic E-state index is -0.502. The standard InChI is InChI=1S/C15H10N4O5/c1-9-12(3-2-4-13(9)19(22)23)15-16-14(17-24-15)10-5-7-11(8-6-10)18(20)21/h2-8H,1H3. The molecule has 0 spiro atoms. The topological polar surface area (TPSA) is 125 Å². The summed E-state index contributed by atoms with van der Waals surface area (Å²) in [6.45, 7) is 1.60. The maximum atomic E-state index is 11.0. The summed E-state index contributed by atoms with van der Waals surface area (Å²) in [5.74, 6) is 0.385. The Bertz CT molecular complexity index is 933. The molecule has 0 amide bonds. The summed E-state index contributed by atoms with van der Waals surface area (Å²) >= 11 is 0. The average molecular weight is 326 g/mol. The van der Waals surface area contributed by atoms with E-state index in [-0.39, 0.29) is 23.1 Å². The van der Waals surface area contributed by atoms with Gasteiger partial charge >= 0.3 is 0 Å². The van der Waals surface area contributed by atoms with Crippen LogP contribution in [0.25, 0.3) is 22.8 Å². The van der Waals surface area contributed by atoms with E-state index < -0.39 is 9.85 Å². The van der Waals surface area contributed by atoms with Crippen LogP contribution in [0.4, 0.5) is 11.4 Å². The molecule has 0 radical (unpaired) electrons. The van der Waals surface area contributed by atoms with Crippen LogP contribution in [0.5, 0.6) is 0 Å². The highest BCUT2D eigenvalue weighted by Crippen LogP contribution is 2.30. The maximum Gasteiger partial charge on any atom is 0.273 e. The van der Waals surface area contributed by atoms with Gasteiger partial charge in [0.25, 0.3) is 17.3 Å². The summed E-state index contributed by atoms with van der Waals surface area (Å²) in [6, 6.07) is 10.3. The van der Waals surface area contributed by atoms with Gasteiger partial charge in [0.15, 0.2) is 0 Å². The van der Waals surface area contributed by atoms with E-state index >= 15 is 0 Å². The molecule has 3 rings (SSSR count). The maximum absolute atomic E-state index is 11.0. The van der Waals surface area contributed by atoms with E-state index in [1.807, 2.05) is 0 Å². The highest BCUT2D eigenvalue weighted by Gasteiger charge is 2.19. The predicted octanol–water partition coefficient (Wildman–Crippen LogP) is 3.53. The van der Waals surface area contributed by atoms with Crippen molar-refractivity contribution in [3.63, 3.8) is 0 Å². The molecule has 3 aromatic rings. The fraction of sp³-hybridized carbons (Fsp3) is 0.0667. The zero-order valence-corrected chi connectivity index (χ0v) is 12.4. The molecular weight excluding hydrogens is 316 g/mol. The highest BCUT2D eigenvalue weighted by molar-refractivity contribution is 5.66. The lowest BCUT2D eigenvalue weighted by Crippen LogP contribution is -1.93. The van der Waals surface area contributed by atoms with Crippen LogP contribution in [0.3, 0.4) is 0 Å². The van der Waals surface area contributed by atoms with Gasteiger partial charge in [-0.2, -0.15) is 4.98 Å². The summed E-state index contributed by atoms with van der Waals surface area (Å²) in [6.07, 6.45) is 0. The minimum absolute atomic E-state index is 0.0393. The van der Waals surface area contributed by atoms with Crippen molar-refractivity contribution in [2.24, 2.45) is 0 Å². The number of non-ortho nitro benzene ring substituents is 1. The molecule has 0 N–H and O–H groups in total. The summed E-state index contributed by atoms with van der Waals surface area (Å²) in [5.41, 5.74) is 1.34. The van der Waals surface area contributed by atoms with Crippen molar-refractivity contribution in [1.29, 1.82) is 0 Å². The smallest absolute Gasteiger partial charge is 0.273 e. The fourth-order valence-electron chi connectivity index (χ4n) is 2.24. The van der Waals surface area contributed by atoms with Gasteiger partial charge in [-0.15, -0.1) is 0 Å². The van der Waals surface area contributed by atoms with E-state index in [2.05, 4.69) is 10.1 Å². The van der Waals surface area contributed by atoms with E-state index in [1.54, 1.807) is 13.0 Å². The van der Waals surface area contributed by atoms with Crippen molar-refractivity contribution in [3.05, 3.63) is 68.3 Å². The van der Waals surface area contributed by atoms with Crippen molar-refractivity contribution >= 4 is 11.4 Å². The molecule has 0 saturated carbocycles. The number of hydrogen-bond donors (Lipinski definition) is 0. The molecular formula is C15H10N4O5. The molecule has 1 aromatic heterocycles. The first-order chi connectivity index (χ1) is 11.5. The van der Waals surface area contributed by atoms with Crippen molar-refractivity contribution in [1.82, 2.24) is 10.1 Å². The van der Waals surface area contributed by atoms with Crippen LogP contribution in [0, 0.1) is 27.2 Å². The van der Waals surface area contributed by atoms with Crippen LogP contribution in [-0.4, -0.2) is 20.0 Å². The monoisotopic (exact) mass is 326 g/mol. The summed E-state index contributed by atoms with van der Waals surface area (Å²) in [7, 11) is 0. The molecule has 0 aliphatic rings. The van der Waals surface area contributed by atoms with Gasteiger partial charge in [-0.25, -0.2) is 0 Å². The third kappa shape index (κ3) is 2.70. The molecule has 0 aliphatic heterocycles. The number of rotatable bonds is 4. The Kier molecular flexibility index (Phi) is 3.74. The molecule has 0 saturated heterocycles. The Balaban J connectivity index is 1.98. The molecule has 0 bridgehead atoms. The van der Waals surface area contributed by atoms with E-state index in [9.17, 15) is 20.2 Å². The van der Waals surface area contributed by atoms with Crippen LogP contribution < -0.4 is 0 Å². The second-order valence-electron chi connectivity index (χ2n) is 4.93. The first-order valence-electron chi connectivity index (χ1n) is 6.80. The van der Waals surface area contributed by atoms with Crippen LogP contribution in [-0.2, 0) is 0 Å². The summed E-state index contributed by atoms with van der Waals surface area (Å²) < 4.78 is 5.18. The number of nitro groups is 2. The first kappa shape index (κ1) is 15.3. The molecule has 0 atom stereocenters. The number of benzene rings is 2. The molecule has 9 heteroatoms. The molecule has 9 nitrogen and oxygen atoms in total. The van der Waals surface area contributed by atoms with Crippen molar-refractivity contribution in [2.75, 3.05) is 0 Å². The van der Waals surface area contributed by atoms with Crippen LogP contribution in [0.2, 0.25) is 0 Å². The van der Waals surface area contributed by atoms with E-state index in [0.717, 1.165) is 0 Å². The minimum Gasteiger partial charge on any atom is -0.334 e. The fourth-order valence-corrected chi connectivity index (χ4v) is 2.24. The van der Waals surface area contributed by atoms with Gasteiger partial charge in [-0.3, -0.25) is 20.2 Å². The Labute approximate surface area is 134 Å². The van der Waals surface area contributed by atoms with Gasteiger partial charge < -0.3 is 4.52 Å². The third-order valence-corrected chi connectivity index (χ3v) is 3.49. The lowest BCUT2D eigenvalue weighted by Gasteiger charge is -2.00. The lowest BCUT2D eigenvalue weighted by molar-refractivity contribution is -0.385. The van der Waals surface area contributed by atoms with Crippen molar-refractivity contribution < 1.29 is 14.4 Å². The van der Waals surface area contributed by atoms with Crippen LogP contribution in [0.1, 0.15) is 5.56 Å². The van der Waals surface area contributed by atoms with Crippen LogP contribution >= 0.6 is 0 Å². The Morgan fingerprint density at radius 2 is 1.71 bits per heavy atom. The van der Waals surface area contributed by atoms with E-state index in [0.29, 0.717) is 16.7 Å². The van der Waals surface area contributed by atoms with Gasteiger partial charge in [0.2, 0.25) is 5.82 Å². The van der Waals surface area contributed by atoms with Crippen molar-refractivity contribution in [3.8, 4) is 22.8 Å². The second kappa shape index (κ2) is 5.88. The van der Waals surface area contributed by atoms with Gasteiger partial charge in [0, 0.05) is 34.9 Å². The third-order valence-electron chi connectivity index (χ3n) is 3.49. The molecule has 2 aromatic carbocycles. The SMILES string of the molecule is Cc1c(-c2nc(-c3ccc([N+](=O)[O-])cc3)no2)cccc1[N+](=O)[O-]. The number of nitrogens with zero attached hydrogens (tertiary/aromatic N) is 4. The molecule has 24 heavy (non-hydrogen) atoms. The van der Waals surface area contributed by atoms with Gasteiger partial charge in [-0.05, 0) is 25.1 Å². The summed E-state index contributed by atoms with van der Waals surface area (Å²) in [5, 5.41) is 25.5. The lowest BCUT2D eigenvalue weighted by atomic mass is 10.1. The van der Waals surface area contributed by atoms with Crippen LogP contribution in [0.15, 0.2) is 47.0 Å². The largest absolute Gasteiger partial charge is 0.334 e. The Morgan fingerprint density at radius 1 is 1.00 bits per heavy atom. The molecule has 0 unspecified atom stereocenters. The predicted molar refractivity (Wildman–Crippen MR) is 83.2 cm³/mol. The quantitative estimate of drug-likeness (QED) is 0.530. The Morgan fingerprint density at radius 3 is 2.33 bits per heavy atom. The molecule has 120 valence electrons. The van der Waals surface area contributed by atoms with E-state index in [4.69, 9.17) is 4.52 Å². The Hall–Kier alpha value is -3.62. The van der Waals surface area contributed by atoms with Gasteiger partial charge in [-0.1, -0.05) is 11.2 Å². The molecule has 0 aliphatic carbocycles. The zero-order chi connectivity index (χ0) is 17.3. The highest BCUT2D eigenvalue weighted by atomic mass is 16.6. The number of hydrogen-bond acceptors (Lipinski definition) is 7. The first-order valence-corrected chi connectivity index (χ1v) is 6.80.